The van der Waals surface area contributed by atoms with E-state index < -0.39 is 10.0 Å². The third kappa shape index (κ3) is 4.09. The number of aromatic nitrogens is 4. The van der Waals surface area contributed by atoms with Gasteiger partial charge in [0.05, 0.1) is 18.3 Å². The average Bonchev–Trinajstić information content (AvgIpc) is 3.39. The standard InChI is InChI=1S/C20H20N6O3S2/c27-31(28,17-9-4-8-16-19(17)24-30-23-16)26-11-5-10-25(12-13-26)14-18-21-20(29-22-18)15-6-2-1-3-7-15/h1-4,6-9H,5,10-14H2. The number of benzene rings is 2. The van der Waals surface area contributed by atoms with Gasteiger partial charge in [0.15, 0.2) is 5.82 Å². The molecule has 160 valence electrons. The van der Waals surface area contributed by atoms with E-state index in [1.165, 1.54) is 4.31 Å². The minimum Gasteiger partial charge on any atom is -0.334 e. The van der Waals surface area contributed by atoms with Crippen molar-refractivity contribution >= 4 is 32.8 Å². The number of hydrogen-bond donors (Lipinski definition) is 0. The Bertz CT molecular complexity index is 1290. The Morgan fingerprint density at radius 1 is 0.968 bits per heavy atom. The van der Waals surface area contributed by atoms with Crippen molar-refractivity contribution in [1.82, 2.24) is 28.1 Å². The molecule has 0 atom stereocenters. The molecule has 0 aliphatic carbocycles. The topological polar surface area (TPSA) is 105 Å². The van der Waals surface area contributed by atoms with Crippen LogP contribution >= 0.6 is 11.7 Å². The molecule has 1 fully saturated rings. The van der Waals surface area contributed by atoms with Gasteiger partial charge < -0.3 is 4.52 Å². The van der Waals surface area contributed by atoms with Gasteiger partial charge in [-0.15, -0.1) is 0 Å². The average molecular weight is 457 g/mol. The Labute approximate surface area is 183 Å². The second kappa shape index (κ2) is 8.42. The van der Waals surface area contributed by atoms with E-state index in [0.29, 0.717) is 55.3 Å². The molecule has 2 aromatic heterocycles. The molecule has 0 unspecified atom stereocenters. The fourth-order valence-corrected chi connectivity index (χ4v) is 5.91. The van der Waals surface area contributed by atoms with Crippen molar-refractivity contribution in [3.8, 4) is 11.5 Å². The van der Waals surface area contributed by atoms with Crippen LogP contribution in [0.2, 0.25) is 0 Å². The molecule has 0 amide bonds. The molecule has 2 aromatic carbocycles. The van der Waals surface area contributed by atoms with Crippen molar-refractivity contribution in [3.05, 3.63) is 54.4 Å². The van der Waals surface area contributed by atoms with Crippen LogP contribution in [-0.2, 0) is 16.6 Å². The van der Waals surface area contributed by atoms with Crippen molar-refractivity contribution in [2.75, 3.05) is 26.2 Å². The van der Waals surface area contributed by atoms with E-state index >= 15 is 0 Å². The minimum absolute atomic E-state index is 0.220. The van der Waals surface area contributed by atoms with Crippen LogP contribution in [-0.4, -0.2) is 62.7 Å². The van der Waals surface area contributed by atoms with Gasteiger partial charge in [-0.05, 0) is 37.2 Å². The van der Waals surface area contributed by atoms with Crippen LogP contribution in [0.5, 0.6) is 0 Å². The monoisotopic (exact) mass is 456 g/mol. The lowest BCUT2D eigenvalue weighted by molar-refractivity contribution is 0.266. The minimum atomic E-state index is -3.65. The van der Waals surface area contributed by atoms with Crippen LogP contribution in [0.15, 0.2) is 57.9 Å². The molecular formula is C20H20N6O3S2. The third-order valence-corrected chi connectivity index (χ3v) is 7.74. The molecule has 31 heavy (non-hydrogen) atoms. The molecule has 9 nitrogen and oxygen atoms in total. The van der Waals surface area contributed by atoms with Crippen LogP contribution in [0.25, 0.3) is 22.5 Å². The lowest BCUT2D eigenvalue weighted by Gasteiger charge is -2.21. The Morgan fingerprint density at radius 2 is 1.84 bits per heavy atom. The Kier molecular flexibility index (Phi) is 5.48. The summed E-state index contributed by atoms with van der Waals surface area (Å²) in [6.07, 6.45) is 0.716. The number of fused-ring (bicyclic) bond motifs is 1. The van der Waals surface area contributed by atoms with Crippen molar-refractivity contribution in [2.24, 2.45) is 0 Å². The molecule has 1 saturated heterocycles. The van der Waals surface area contributed by atoms with Gasteiger partial charge >= 0.3 is 0 Å². The third-order valence-electron chi connectivity index (χ3n) is 5.27. The molecule has 0 N–H and O–H groups in total. The maximum atomic E-state index is 13.3. The van der Waals surface area contributed by atoms with Crippen LogP contribution in [0.1, 0.15) is 12.2 Å². The van der Waals surface area contributed by atoms with E-state index in [9.17, 15) is 8.42 Å². The fourth-order valence-electron chi connectivity index (χ4n) is 3.69. The molecule has 0 radical (unpaired) electrons. The van der Waals surface area contributed by atoms with Gasteiger partial charge in [0.2, 0.25) is 10.0 Å². The van der Waals surface area contributed by atoms with Crippen molar-refractivity contribution in [2.45, 2.75) is 17.9 Å². The highest BCUT2D eigenvalue weighted by molar-refractivity contribution is 7.89. The van der Waals surface area contributed by atoms with Gasteiger partial charge in [0.1, 0.15) is 15.9 Å². The Balaban J connectivity index is 1.28. The van der Waals surface area contributed by atoms with Gasteiger partial charge in [-0.1, -0.05) is 29.4 Å². The van der Waals surface area contributed by atoms with Gasteiger partial charge in [-0.2, -0.15) is 18.0 Å². The van der Waals surface area contributed by atoms with Gasteiger partial charge in [-0.25, -0.2) is 8.42 Å². The van der Waals surface area contributed by atoms with E-state index in [2.05, 4.69) is 23.8 Å². The first-order valence-corrected chi connectivity index (χ1v) is 12.1. The molecule has 1 aliphatic rings. The van der Waals surface area contributed by atoms with Crippen LogP contribution in [0.3, 0.4) is 0 Å². The summed E-state index contributed by atoms with van der Waals surface area (Å²) in [5, 5.41) is 4.09. The van der Waals surface area contributed by atoms with Gasteiger partial charge in [0, 0.05) is 25.2 Å². The Morgan fingerprint density at radius 3 is 2.71 bits per heavy atom. The fraction of sp³-hybridized carbons (Fsp3) is 0.300. The molecule has 0 saturated carbocycles. The molecule has 0 bridgehead atoms. The summed E-state index contributed by atoms with van der Waals surface area (Å²) >= 11 is 1.02. The number of sulfonamides is 1. The first kappa shape index (κ1) is 20.2. The number of nitrogens with zero attached hydrogens (tertiary/aromatic N) is 6. The zero-order valence-electron chi connectivity index (χ0n) is 16.6. The second-order valence-electron chi connectivity index (χ2n) is 7.30. The smallest absolute Gasteiger partial charge is 0.257 e. The van der Waals surface area contributed by atoms with Crippen LogP contribution in [0, 0.1) is 0 Å². The summed E-state index contributed by atoms with van der Waals surface area (Å²) in [7, 11) is -3.65. The zero-order chi connectivity index (χ0) is 21.3. The molecule has 5 rings (SSSR count). The van der Waals surface area contributed by atoms with Gasteiger partial charge in [0.25, 0.3) is 5.89 Å². The normalized spacial score (nSPS) is 16.5. The summed E-state index contributed by atoms with van der Waals surface area (Å²) in [6, 6.07) is 14.7. The molecule has 1 aliphatic heterocycles. The summed E-state index contributed by atoms with van der Waals surface area (Å²) in [5.74, 6) is 1.08. The predicted molar refractivity (Wildman–Crippen MR) is 116 cm³/mol. The quantitative estimate of drug-likeness (QED) is 0.451. The van der Waals surface area contributed by atoms with Crippen molar-refractivity contribution < 1.29 is 12.9 Å². The first-order valence-electron chi connectivity index (χ1n) is 9.93. The molecule has 0 spiro atoms. The van der Waals surface area contributed by atoms with Crippen molar-refractivity contribution in [3.63, 3.8) is 0 Å². The van der Waals surface area contributed by atoms with E-state index in [0.717, 1.165) is 23.8 Å². The van der Waals surface area contributed by atoms with Crippen LogP contribution in [0.4, 0.5) is 0 Å². The highest BCUT2D eigenvalue weighted by Gasteiger charge is 2.29. The highest BCUT2D eigenvalue weighted by Crippen LogP contribution is 2.25. The van der Waals surface area contributed by atoms with E-state index in [1.54, 1.807) is 18.2 Å². The highest BCUT2D eigenvalue weighted by atomic mass is 32.2. The first-order chi connectivity index (χ1) is 15.1. The lowest BCUT2D eigenvalue weighted by Crippen LogP contribution is -2.35. The zero-order valence-corrected chi connectivity index (χ0v) is 18.2. The summed E-state index contributed by atoms with van der Waals surface area (Å²) < 4.78 is 41.8. The predicted octanol–water partition coefficient (Wildman–Crippen LogP) is 2.64. The number of hydrogen-bond acceptors (Lipinski definition) is 9. The van der Waals surface area contributed by atoms with E-state index in [-0.39, 0.29) is 4.90 Å². The lowest BCUT2D eigenvalue weighted by atomic mass is 10.2. The maximum absolute atomic E-state index is 13.3. The molecular weight excluding hydrogens is 436 g/mol. The van der Waals surface area contributed by atoms with Gasteiger partial charge in [-0.3, -0.25) is 4.90 Å². The Hall–Kier alpha value is -2.73. The molecule has 11 heteroatoms. The summed E-state index contributed by atoms with van der Waals surface area (Å²) in [5.41, 5.74) is 1.92. The maximum Gasteiger partial charge on any atom is 0.257 e. The van der Waals surface area contributed by atoms with Crippen molar-refractivity contribution in [1.29, 1.82) is 0 Å². The summed E-state index contributed by atoms with van der Waals surface area (Å²) in [4.78, 5) is 6.86. The molecule has 3 heterocycles. The number of rotatable bonds is 5. The van der Waals surface area contributed by atoms with E-state index in [4.69, 9.17) is 4.52 Å². The summed E-state index contributed by atoms with van der Waals surface area (Å²) in [6.45, 7) is 2.69. The largest absolute Gasteiger partial charge is 0.334 e. The SMILES string of the molecule is O=S(=O)(c1cccc2nsnc12)N1CCCN(Cc2noc(-c3ccccc3)n2)CC1. The molecule has 4 aromatic rings. The van der Waals surface area contributed by atoms with E-state index in [1.807, 2.05) is 30.3 Å². The second-order valence-corrected chi connectivity index (χ2v) is 9.74. The van der Waals surface area contributed by atoms with Crippen LogP contribution < -0.4 is 0 Å².